The van der Waals surface area contributed by atoms with Gasteiger partial charge in [0.2, 0.25) is 5.69 Å². The van der Waals surface area contributed by atoms with Crippen molar-refractivity contribution < 1.29 is 19.1 Å². The molecule has 0 saturated carbocycles. The van der Waals surface area contributed by atoms with E-state index in [2.05, 4.69) is 10.4 Å². The fourth-order valence-corrected chi connectivity index (χ4v) is 2.77. The van der Waals surface area contributed by atoms with Crippen LogP contribution in [0.15, 0.2) is 54.7 Å². The first-order valence-electron chi connectivity index (χ1n) is 8.86. The molecule has 1 aromatic heterocycles. The third-order valence-electron chi connectivity index (χ3n) is 4.23. The van der Waals surface area contributed by atoms with Crippen molar-refractivity contribution in [1.82, 2.24) is 9.78 Å². The Kier molecular flexibility index (Phi) is 6.19. The van der Waals surface area contributed by atoms with E-state index in [0.29, 0.717) is 10.7 Å². The Bertz CT molecular complexity index is 1030. The summed E-state index contributed by atoms with van der Waals surface area (Å²) in [5.74, 6) is -0.996. The van der Waals surface area contributed by atoms with Gasteiger partial charge in [-0.2, -0.15) is 5.10 Å². The molecule has 0 aliphatic rings. The summed E-state index contributed by atoms with van der Waals surface area (Å²) < 4.78 is 12.0. The van der Waals surface area contributed by atoms with E-state index in [1.54, 1.807) is 24.4 Å². The van der Waals surface area contributed by atoms with Crippen LogP contribution in [0.1, 0.15) is 23.0 Å². The highest BCUT2D eigenvalue weighted by atomic mass is 35.5. The quantitative estimate of drug-likeness (QED) is 0.617. The molecule has 1 heterocycles. The number of aryl methyl sites for hydroxylation is 1. The minimum atomic E-state index is -1.05. The number of methoxy groups -OCH3 is 1. The number of carbonyl (C=O) groups excluding carboxylic acids is 2. The molecular formula is C21H20ClN3O4. The largest absolute Gasteiger partial charge is 0.493 e. The lowest BCUT2D eigenvalue weighted by Gasteiger charge is -2.14. The number of rotatable bonds is 6. The second-order valence-electron chi connectivity index (χ2n) is 6.32. The molecule has 150 valence electrons. The minimum Gasteiger partial charge on any atom is -0.493 e. The topological polar surface area (TPSA) is 82.5 Å². The van der Waals surface area contributed by atoms with Crippen molar-refractivity contribution in [1.29, 1.82) is 0 Å². The Balaban J connectivity index is 1.73. The molecule has 0 saturated heterocycles. The molecule has 2 aromatic carbocycles. The monoisotopic (exact) mass is 413 g/mol. The number of carbonyl (C=O) groups is 2. The summed E-state index contributed by atoms with van der Waals surface area (Å²) in [5, 5.41) is 7.44. The number of nitrogens with zero attached hydrogens (tertiary/aromatic N) is 2. The van der Waals surface area contributed by atoms with E-state index in [-0.39, 0.29) is 11.4 Å². The SMILES string of the molecule is COc1cn(-c2ccccc2)nc1C(=O)O[C@H](C)C(=O)Nc1cc(Cl)ccc1C. The Hall–Kier alpha value is -3.32. The van der Waals surface area contributed by atoms with Gasteiger partial charge >= 0.3 is 5.97 Å². The number of hydrogen-bond donors (Lipinski definition) is 1. The number of nitrogens with one attached hydrogen (secondary N) is 1. The van der Waals surface area contributed by atoms with E-state index in [0.717, 1.165) is 11.3 Å². The second-order valence-corrected chi connectivity index (χ2v) is 6.76. The van der Waals surface area contributed by atoms with Crippen molar-refractivity contribution >= 4 is 29.2 Å². The lowest BCUT2D eigenvalue weighted by molar-refractivity contribution is -0.123. The van der Waals surface area contributed by atoms with E-state index in [9.17, 15) is 9.59 Å². The molecule has 0 aliphatic carbocycles. The maximum absolute atomic E-state index is 12.6. The number of hydrogen-bond acceptors (Lipinski definition) is 5. The molecule has 0 fully saturated rings. The van der Waals surface area contributed by atoms with Crippen LogP contribution in [0.25, 0.3) is 5.69 Å². The third-order valence-corrected chi connectivity index (χ3v) is 4.46. The number of para-hydroxylation sites is 1. The molecule has 0 bridgehead atoms. The van der Waals surface area contributed by atoms with Gasteiger partial charge < -0.3 is 14.8 Å². The summed E-state index contributed by atoms with van der Waals surface area (Å²) in [7, 11) is 1.43. The second kappa shape index (κ2) is 8.79. The van der Waals surface area contributed by atoms with E-state index in [1.165, 1.54) is 18.7 Å². The predicted molar refractivity (Wildman–Crippen MR) is 110 cm³/mol. The fourth-order valence-electron chi connectivity index (χ4n) is 2.60. The molecule has 1 atom stereocenters. The van der Waals surface area contributed by atoms with Crippen LogP contribution in [0.3, 0.4) is 0 Å². The molecule has 7 nitrogen and oxygen atoms in total. The maximum Gasteiger partial charge on any atom is 0.363 e. The smallest absolute Gasteiger partial charge is 0.363 e. The zero-order chi connectivity index (χ0) is 21.0. The fraction of sp³-hybridized carbons (Fsp3) is 0.190. The number of benzene rings is 2. The molecular weight excluding hydrogens is 394 g/mol. The Morgan fingerprint density at radius 3 is 2.59 bits per heavy atom. The molecule has 8 heteroatoms. The number of anilines is 1. The number of amides is 1. The highest BCUT2D eigenvalue weighted by Gasteiger charge is 2.25. The Morgan fingerprint density at radius 2 is 1.90 bits per heavy atom. The highest BCUT2D eigenvalue weighted by molar-refractivity contribution is 6.31. The molecule has 1 N–H and O–H groups in total. The van der Waals surface area contributed by atoms with Gasteiger partial charge in [0.15, 0.2) is 11.9 Å². The van der Waals surface area contributed by atoms with Gasteiger partial charge in [-0.25, -0.2) is 9.48 Å². The highest BCUT2D eigenvalue weighted by Crippen LogP contribution is 2.22. The van der Waals surface area contributed by atoms with Gasteiger partial charge in [0, 0.05) is 10.7 Å². The number of halogens is 1. The van der Waals surface area contributed by atoms with Gasteiger partial charge in [-0.1, -0.05) is 35.9 Å². The van der Waals surface area contributed by atoms with Gasteiger partial charge in [0.25, 0.3) is 5.91 Å². The van der Waals surface area contributed by atoms with Gasteiger partial charge in [-0.3, -0.25) is 4.79 Å². The van der Waals surface area contributed by atoms with Gasteiger partial charge in [0.1, 0.15) is 0 Å². The molecule has 0 radical (unpaired) electrons. The Morgan fingerprint density at radius 1 is 1.17 bits per heavy atom. The van der Waals surface area contributed by atoms with Crippen LogP contribution in [-0.4, -0.2) is 34.9 Å². The summed E-state index contributed by atoms with van der Waals surface area (Å²) in [6, 6.07) is 14.4. The van der Waals surface area contributed by atoms with Crippen molar-refractivity contribution in [2.24, 2.45) is 0 Å². The van der Waals surface area contributed by atoms with Crippen molar-refractivity contribution in [3.8, 4) is 11.4 Å². The van der Waals surface area contributed by atoms with Crippen LogP contribution in [0.4, 0.5) is 5.69 Å². The number of ether oxygens (including phenoxy) is 2. The lowest BCUT2D eigenvalue weighted by atomic mass is 10.2. The molecule has 3 rings (SSSR count). The molecule has 0 aliphatic heterocycles. The van der Waals surface area contributed by atoms with E-state index < -0.39 is 18.0 Å². The van der Waals surface area contributed by atoms with Gasteiger partial charge in [0.05, 0.1) is 19.0 Å². The molecule has 29 heavy (non-hydrogen) atoms. The summed E-state index contributed by atoms with van der Waals surface area (Å²) in [6.45, 7) is 3.32. The van der Waals surface area contributed by atoms with Crippen LogP contribution in [0.2, 0.25) is 5.02 Å². The van der Waals surface area contributed by atoms with Crippen LogP contribution in [0.5, 0.6) is 5.75 Å². The first kappa shape index (κ1) is 20.4. The molecule has 3 aromatic rings. The van der Waals surface area contributed by atoms with Crippen LogP contribution in [0, 0.1) is 6.92 Å². The van der Waals surface area contributed by atoms with Gasteiger partial charge in [-0.15, -0.1) is 0 Å². The average molecular weight is 414 g/mol. The average Bonchev–Trinajstić information content (AvgIpc) is 3.16. The Labute approximate surface area is 173 Å². The zero-order valence-electron chi connectivity index (χ0n) is 16.2. The third kappa shape index (κ3) is 4.75. The number of esters is 1. The lowest BCUT2D eigenvalue weighted by Crippen LogP contribution is -2.30. The molecule has 0 spiro atoms. The first-order chi connectivity index (χ1) is 13.9. The maximum atomic E-state index is 12.6. The summed E-state index contributed by atoms with van der Waals surface area (Å²) >= 11 is 5.97. The standard InChI is InChI=1S/C21H20ClN3O4/c1-13-9-10-15(22)11-17(13)23-20(26)14(2)29-21(27)19-18(28-3)12-25(24-19)16-7-5-4-6-8-16/h4-12,14H,1-3H3,(H,23,26)/t14-/m1/s1. The summed E-state index contributed by atoms with van der Waals surface area (Å²) in [6.07, 6.45) is 0.527. The normalized spacial score (nSPS) is 11.6. The molecule has 1 amide bonds. The summed E-state index contributed by atoms with van der Waals surface area (Å²) in [4.78, 5) is 25.0. The number of aromatic nitrogens is 2. The van der Waals surface area contributed by atoms with Crippen molar-refractivity contribution in [3.63, 3.8) is 0 Å². The zero-order valence-corrected chi connectivity index (χ0v) is 16.9. The van der Waals surface area contributed by atoms with E-state index in [1.807, 2.05) is 37.3 Å². The van der Waals surface area contributed by atoms with Crippen LogP contribution < -0.4 is 10.1 Å². The van der Waals surface area contributed by atoms with Crippen molar-refractivity contribution in [2.75, 3.05) is 12.4 Å². The van der Waals surface area contributed by atoms with Crippen molar-refractivity contribution in [2.45, 2.75) is 20.0 Å². The molecule has 0 unspecified atom stereocenters. The predicted octanol–water partition coefficient (Wildman–Crippen LogP) is 4.03. The minimum absolute atomic E-state index is 0.0186. The van der Waals surface area contributed by atoms with Gasteiger partial charge in [-0.05, 0) is 43.7 Å². The van der Waals surface area contributed by atoms with Crippen LogP contribution in [-0.2, 0) is 9.53 Å². The summed E-state index contributed by atoms with van der Waals surface area (Å²) in [5.41, 5.74) is 2.13. The van der Waals surface area contributed by atoms with E-state index in [4.69, 9.17) is 21.1 Å². The van der Waals surface area contributed by atoms with Crippen molar-refractivity contribution in [3.05, 3.63) is 71.0 Å². The first-order valence-corrected chi connectivity index (χ1v) is 9.24. The van der Waals surface area contributed by atoms with E-state index >= 15 is 0 Å². The van der Waals surface area contributed by atoms with Crippen LogP contribution >= 0.6 is 11.6 Å².